The number of aromatic nitrogens is 2. The summed E-state index contributed by atoms with van der Waals surface area (Å²) in [7, 11) is 1.56. The number of nitrogens with one attached hydrogen (secondary N) is 1. The summed E-state index contributed by atoms with van der Waals surface area (Å²) >= 11 is 0. The summed E-state index contributed by atoms with van der Waals surface area (Å²) in [6, 6.07) is 7.95. The van der Waals surface area contributed by atoms with Gasteiger partial charge in [-0.05, 0) is 13.0 Å². The highest BCUT2D eigenvalue weighted by Crippen LogP contribution is 2.18. The van der Waals surface area contributed by atoms with Crippen LogP contribution < -0.4 is 5.32 Å². The molecule has 120 valence electrons. The van der Waals surface area contributed by atoms with Crippen molar-refractivity contribution >= 4 is 28.4 Å². The minimum Gasteiger partial charge on any atom is -0.345 e. The number of fused-ring (bicyclic) bond motifs is 1. The first kappa shape index (κ1) is 15.2. The van der Waals surface area contributed by atoms with E-state index in [1.165, 1.54) is 5.01 Å². The predicted molar refractivity (Wildman–Crippen MR) is 86.7 cm³/mol. The van der Waals surface area contributed by atoms with E-state index in [9.17, 15) is 9.59 Å². The van der Waals surface area contributed by atoms with Gasteiger partial charge in [-0.1, -0.05) is 18.2 Å². The summed E-state index contributed by atoms with van der Waals surface area (Å²) in [5.41, 5.74) is 2.27. The van der Waals surface area contributed by atoms with Crippen molar-refractivity contribution in [2.24, 2.45) is 5.10 Å². The van der Waals surface area contributed by atoms with E-state index in [4.69, 9.17) is 0 Å². The lowest BCUT2D eigenvalue weighted by molar-refractivity contribution is -0.130. The Morgan fingerprint density at radius 2 is 2.09 bits per heavy atom. The van der Waals surface area contributed by atoms with Crippen LogP contribution in [-0.4, -0.2) is 39.4 Å². The van der Waals surface area contributed by atoms with Crippen molar-refractivity contribution < 1.29 is 9.59 Å². The SMILES string of the molecule is CCn1nc(CNC(=O)C2=NN(C)C(=O)CC2)c2ccccc21. The Morgan fingerprint density at radius 1 is 1.30 bits per heavy atom. The number of amides is 2. The van der Waals surface area contributed by atoms with Gasteiger partial charge in [0, 0.05) is 31.8 Å². The number of hydrazone groups is 1. The van der Waals surface area contributed by atoms with E-state index in [0.717, 1.165) is 23.1 Å². The van der Waals surface area contributed by atoms with Gasteiger partial charge in [-0.15, -0.1) is 0 Å². The smallest absolute Gasteiger partial charge is 0.267 e. The van der Waals surface area contributed by atoms with E-state index in [-0.39, 0.29) is 11.8 Å². The molecule has 23 heavy (non-hydrogen) atoms. The molecule has 7 heteroatoms. The van der Waals surface area contributed by atoms with Crippen molar-refractivity contribution in [1.29, 1.82) is 0 Å². The molecule has 1 aromatic carbocycles. The number of rotatable bonds is 4. The van der Waals surface area contributed by atoms with Crippen LogP contribution in [0.2, 0.25) is 0 Å². The zero-order valence-electron chi connectivity index (χ0n) is 13.2. The molecule has 2 heterocycles. The maximum atomic E-state index is 12.2. The molecular formula is C16H19N5O2. The normalized spacial score (nSPS) is 15.0. The van der Waals surface area contributed by atoms with E-state index in [1.54, 1.807) is 7.05 Å². The fourth-order valence-electron chi connectivity index (χ4n) is 2.67. The number of nitrogens with zero attached hydrogens (tertiary/aromatic N) is 4. The molecule has 1 aromatic heterocycles. The summed E-state index contributed by atoms with van der Waals surface area (Å²) in [5, 5.41) is 13.7. The maximum Gasteiger partial charge on any atom is 0.267 e. The summed E-state index contributed by atoms with van der Waals surface area (Å²) in [5.74, 6) is -0.325. The second kappa shape index (κ2) is 6.20. The molecule has 0 radical (unpaired) electrons. The largest absolute Gasteiger partial charge is 0.345 e. The summed E-state index contributed by atoms with van der Waals surface area (Å²) in [6.07, 6.45) is 0.690. The number of aryl methyl sites for hydroxylation is 1. The van der Waals surface area contributed by atoms with Crippen molar-refractivity contribution in [2.45, 2.75) is 32.9 Å². The number of carbonyl (C=O) groups is 2. The molecule has 3 rings (SSSR count). The standard InChI is InChI=1S/C16H19N5O2/c1-3-21-14-7-5-4-6-11(14)13(19-21)10-17-16(23)12-8-9-15(22)20(2)18-12/h4-7H,3,8-10H2,1-2H3,(H,17,23). The summed E-state index contributed by atoms with van der Waals surface area (Å²) in [6.45, 7) is 3.14. The minimum absolute atomic E-state index is 0.0748. The lowest BCUT2D eigenvalue weighted by Gasteiger charge is -2.18. The second-order valence-electron chi connectivity index (χ2n) is 5.43. The first-order chi connectivity index (χ1) is 11.1. The Bertz CT molecular complexity index is 793. The Hall–Kier alpha value is -2.70. The first-order valence-corrected chi connectivity index (χ1v) is 7.66. The van der Waals surface area contributed by atoms with Gasteiger partial charge in [0.1, 0.15) is 5.71 Å². The zero-order chi connectivity index (χ0) is 16.4. The van der Waals surface area contributed by atoms with Crippen LogP contribution in [0.15, 0.2) is 29.4 Å². The maximum absolute atomic E-state index is 12.2. The molecule has 0 atom stereocenters. The van der Waals surface area contributed by atoms with Gasteiger partial charge in [-0.2, -0.15) is 10.2 Å². The molecule has 0 fully saturated rings. The van der Waals surface area contributed by atoms with Gasteiger partial charge in [0.05, 0.1) is 17.8 Å². The highest BCUT2D eigenvalue weighted by Gasteiger charge is 2.22. The van der Waals surface area contributed by atoms with Crippen LogP contribution in [0.3, 0.4) is 0 Å². The molecular weight excluding hydrogens is 294 g/mol. The van der Waals surface area contributed by atoms with Gasteiger partial charge in [0.25, 0.3) is 5.91 Å². The third kappa shape index (κ3) is 2.94. The van der Waals surface area contributed by atoms with Crippen LogP contribution in [0.5, 0.6) is 0 Å². The molecule has 0 aliphatic carbocycles. The Balaban J connectivity index is 1.75. The minimum atomic E-state index is -0.250. The van der Waals surface area contributed by atoms with E-state index < -0.39 is 0 Å². The molecule has 0 unspecified atom stereocenters. The van der Waals surface area contributed by atoms with Crippen molar-refractivity contribution in [2.75, 3.05) is 7.05 Å². The third-order valence-electron chi connectivity index (χ3n) is 3.92. The van der Waals surface area contributed by atoms with E-state index in [2.05, 4.69) is 15.5 Å². The molecule has 0 bridgehead atoms. The van der Waals surface area contributed by atoms with Crippen LogP contribution in [0, 0.1) is 0 Å². The van der Waals surface area contributed by atoms with E-state index in [1.807, 2.05) is 35.9 Å². The molecule has 1 N–H and O–H groups in total. The first-order valence-electron chi connectivity index (χ1n) is 7.66. The fourth-order valence-corrected chi connectivity index (χ4v) is 2.67. The number of hydrogen-bond donors (Lipinski definition) is 1. The molecule has 0 saturated carbocycles. The lowest BCUT2D eigenvalue weighted by atomic mass is 10.1. The van der Waals surface area contributed by atoms with Gasteiger partial charge < -0.3 is 5.32 Å². The molecule has 0 spiro atoms. The van der Waals surface area contributed by atoms with E-state index in [0.29, 0.717) is 25.1 Å². The zero-order valence-corrected chi connectivity index (χ0v) is 13.2. The van der Waals surface area contributed by atoms with Crippen LogP contribution in [0.4, 0.5) is 0 Å². The molecule has 2 amide bonds. The second-order valence-corrected chi connectivity index (χ2v) is 5.43. The predicted octanol–water partition coefficient (Wildman–Crippen LogP) is 1.28. The number of benzene rings is 1. The number of hydrogen-bond acceptors (Lipinski definition) is 4. The fraction of sp³-hybridized carbons (Fsp3) is 0.375. The van der Waals surface area contributed by atoms with Crippen molar-refractivity contribution in [3.63, 3.8) is 0 Å². The highest BCUT2D eigenvalue weighted by atomic mass is 16.2. The third-order valence-corrected chi connectivity index (χ3v) is 3.92. The summed E-state index contributed by atoms with van der Waals surface area (Å²) in [4.78, 5) is 23.6. The molecule has 2 aromatic rings. The van der Waals surface area contributed by atoms with Crippen LogP contribution in [0.25, 0.3) is 10.9 Å². The summed E-state index contributed by atoms with van der Waals surface area (Å²) < 4.78 is 1.92. The molecule has 1 aliphatic heterocycles. The lowest BCUT2D eigenvalue weighted by Crippen LogP contribution is -2.37. The van der Waals surface area contributed by atoms with Gasteiger partial charge in [0.15, 0.2) is 0 Å². The highest BCUT2D eigenvalue weighted by molar-refractivity contribution is 6.39. The van der Waals surface area contributed by atoms with Crippen LogP contribution in [0.1, 0.15) is 25.5 Å². The average molecular weight is 313 g/mol. The number of para-hydroxylation sites is 1. The van der Waals surface area contributed by atoms with Crippen LogP contribution >= 0.6 is 0 Å². The monoisotopic (exact) mass is 313 g/mol. The van der Waals surface area contributed by atoms with Gasteiger partial charge in [-0.25, -0.2) is 5.01 Å². The average Bonchev–Trinajstić information content (AvgIpc) is 2.93. The molecule has 7 nitrogen and oxygen atoms in total. The van der Waals surface area contributed by atoms with Crippen molar-refractivity contribution in [1.82, 2.24) is 20.1 Å². The molecule has 1 aliphatic rings. The van der Waals surface area contributed by atoms with Gasteiger partial charge in [-0.3, -0.25) is 14.3 Å². The molecule has 0 saturated heterocycles. The van der Waals surface area contributed by atoms with Crippen molar-refractivity contribution in [3.05, 3.63) is 30.0 Å². The Labute approximate surface area is 133 Å². The Morgan fingerprint density at radius 3 is 2.83 bits per heavy atom. The van der Waals surface area contributed by atoms with Crippen LogP contribution in [-0.2, 0) is 22.7 Å². The van der Waals surface area contributed by atoms with Gasteiger partial charge in [0.2, 0.25) is 5.91 Å². The van der Waals surface area contributed by atoms with Gasteiger partial charge >= 0.3 is 0 Å². The quantitative estimate of drug-likeness (QED) is 0.923. The van der Waals surface area contributed by atoms with Crippen molar-refractivity contribution in [3.8, 4) is 0 Å². The topological polar surface area (TPSA) is 79.6 Å². The Kier molecular flexibility index (Phi) is 4.10. The van der Waals surface area contributed by atoms with E-state index >= 15 is 0 Å². The number of carbonyl (C=O) groups excluding carboxylic acids is 2.